The minimum absolute atomic E-state index is 0.0193. The molecule has 10 atom stereocenters. The van der Waals surface area contributed by atoms with Gasteiger partial charge in [-0.25, -0.2) is 33.2 Å². The Balaban J connectivity index is 0.986. The molecule has 59 heavy (non-hydrogen) atoms. The highest BCUT2D eigenvalue weighted by atomic mass is 31.3. The number of fused-ring (bicyclic) bond motifs is 1. The maximum absolute atomic E-state index is 12.7. The Morgan fingerprint density at radius 3 is 2.36 bits per heavy atom. The van der Waals surface area contributed by atoms with E-state index in [9.17, 15) is 48.5 Å². The van der Waals surface area contributed by atoms with Crippen LogP contribution in [-0.4, -0.2) is 154 Å². The van der Waals surface area contributed by atoms with Crippen LogP contribution in [0.2, 0.25) is 0 Å². The van der Waals surface area contributed by atoms with Crippen molar-refractivity contribution < 1.29 is 85.4 Å². The van der Waals surface area contributed by atoms with E-state index in [0.29, 0.717) is 25.5 Å². The average Bonchev–Trinajstić information content (AvgIpc) is 3.98. The number of anilines is 1. The molecule has 0 radical (unpaired) electrons. The monoisotopic (exact) mass is 879 g/mol. The quantitative estimate of drug-likeness (QED) is 0.0232. The van der Waals surface area contributed by atoms with Gasteiger partial charge in [0.25, 0.3) is 12.1 Å². The van der Waals surface area contributed by atoms with Gasteiger partial charge in [-0.05, 0) is 6.07 Å². The zero-order valence-electron chi connectivity index (χ0n) is 30.7. The maximum atomic E-state index is 12.7. The van der Waals surface area contributed by atoms with Crippen molar-refractivity contribution in [3.63, 3.8) is 0 Å². The number of nitrogens with one attached hydrogen (secondary N) is 1. The number of aliphatic hydroxyl groups excluding tert-OH is 4. The van der Waals surface area contributed by atoms with Gasteiger partial charge in [-0.3, -0.25) is 18.4 Å². The molecule has 2 aliphatic rings. The summed E-state index contributed by atoms with van der Waals surface area (Å²) in [6.45, 7) is -0.886. The van der Waals surface area contributed by atoms with Gasteiger partial charge in [0, 0.05) is 6.07 Å². The number of aromatic nitrogens is 8. The first kappa shape index (κ1) is 44.5. The number of phosphoric ester groups is 2. The number of pyridine rings is 1. The minimum Gasteiger partial charge on any atom is -0.387 e. The lowest BCUT2D eigenvalue weighted by Gasteiger charge is -2.20. The van der Waals surface area contributed by atoms with E-state index >= 15 is 0 Å². The summed E-state index contributed by atoms with van der Waals surface area (Å²) in [6.07, 6.45) is -5.38. The lowest BCUT2D eigenvalue weighted by molar-refractivity contribution is -0.765. The molecule has 0 spiro atoms. The first-order valence-corrected chi connectivity index (χ1v) is 20.7. The van der Waals surface area contributed by atoms with E-state index in [1.807, 2.05) is 0 Å². The Kier molecular flexibility index (Phi) is 14.8. The van der Waals surface area contributed by atoms with Gasteiger partial charge in [-0.2, -0.15) is 8.88 Å². The third kappa shape index (κ3) is 11.2. The van der Waals surface area contributed by atoms with Gasteiger partial charge in [0.15, 0.2) is 41.7 Å². The van der Waals surface area contributed by atoms with Crippen LogP contribution in [0.4, 0.5) is 10.2 Å². The van der Waals surface area contributed by atoms with Crippen LogP contribution in [0.3, 0.4) is 0 Å². The molecule has 1 amide bonds. The summed E-state index contributed by atoms with van der Waals surface area (Å²) in [5, 5.41) is 53.7. The largest absolute Gasteiger partial charge is 0.481 e. The molecule has 0 saturated carbocycles. The molecule has 0 aliphatic carbocycles. The Morgan fingerprint density at radius 2 is 1.64 bits per heavy atom. The van der Waals surface area contributed by atoms with Crippen LogP contribution in [-0.2, 0) is 54.5 Å². The summed E-state index contributed by atoms with van der Waals surface area (Å²) in [5.41, 5.74) is 6.30. The number of carbonyl (C=O) groups excluding carboxylic acids is 1. The molecular formula is C30H42FN10O16P2+. The highest BCUT2D eigenvalue weighted by molar-refractivity contribution is 7.61. The number of hydrogen-bond donors (Lipinski definition) is 8. The van der Waals surface area contributed by atoms with Crippen molar-refractivity contribution in [2.24, 2.45) is 5.73 Å². The van der Waals surface area contributed by atoms with Crippen molar-refractivity contribution in [3.8, 4) is 0 Å². The van der Waals surface area contributed by atoms with Gasteiger partial charge in [-0.15, -0.1) is 5.10 Å². The SMILES string of the molecule is NC(=O)c1ccc[n+]([C@@H]2O[C@H](COP(=O)(O)OP(=O)(O)OC[C@H]3O[C@@H](n4cnc5c(NCc6cn(CCOCCOCCF)nn6)ncnc54)[C@H](O)[C@@H]3O)[C@@H](O)[C@H]2O)c1. The van der Waals surface area contributed by atoms with E-state index in [2.05, 4.69) is 34.9 Å². The molecule has 6 heterocycles. The van der Waals surface area contributed by atoms with Crippen molar-refractivity contribution >= 4 is 38.5 Å². The molecule has 4 aromatic heterocycles. The lowest BCUT2D eigenvalue weighted by atomic mass is 10.1. The summed E-state index contributed by atoms with van der Waals surface area (Å²) in [6, 6.07) is 2.83. The van der Waals surface area contributed by atoms with Gasteiger partial charge in [0.05, 0.1) is 65.3 Å². The first-order chi connectivity index (χ1) is 28.2. The van der Waals surface area contributed by atoms with E-state index in [-0.39, 0.29) is 42.3 Å². The second-order valence-corrected chi connectivity index (χ2v) is 15.9. The number of aliphatic hydroxyl groups is 4. The third-order valence-electron chi connectivity index (χ3n) is 8.80. The second-order valence-electron chi connectivity index (χ2n) is 12.9. The fourth-order valence-corrected chi connectivity index (χ4v) is 8.02. The summed E-state index contributed by atoms with van der Waals surface area (Å²) in [5.74, 6) is -0.496. The van der Waals surface area contributed by atoms with Crippen LogP contribution in [0.5, 0.6) is 0 Å². The molecule has 2 unspecified atom stereocenters. The van der Waals surface area contributed by atoms with Gasteiger partial charge in [0.2, 0.25) is 0 Å². The van der Waals surface area contributed by atoms with Crippen molar-refractivity contribution in [1.82, 2.24) is 34.5 Å². The van der Waals surface area contributed by atoms with Crippen LogP contribution >= 0.6 is 15.6 Å². The molecular weight excluding hydrogens is 837 g/mol. The number of carbonyl (C=O) groups is 1. The summed E-state index contributed by atoms with van der Waals surface area (Å²) < 4.78 is 77.0. The Labute approximate surface area is 332 Å². The highest BCUT2D eigenvalue weighted by Gasteiger charge is 2.50. The normalized spacial score (nSPS) is 26.6. The second kappa shape index (κ2) is 19.6. The number of ether oxygens (including phenoxy) is 4. The molecule has 6 rings (SSSR count). The molecule has 26 nitrogen and oxygen atoms in total. The number of phosphoric acid groups is 2. The number of primary amides is 1. The molecule has 0 aromatic carbocycles. The maximum Gasteiger partial charge on any atom is 0.481 e. The number of halogens is 1. The van der Waals surface area contributed by atoms with Gasteiger partial charge < -0.3 is 60.2 Å². The van der Waals surface area contributed by atoms with Crippen LogP contribution < -0.4 is 15.6 Å². The van der Waals surface area contributed by atoms with E-state index in [1.165, 1.54) is 46.3 Å². The number of hydrogen-bond acceptors (Lipinski definition) is 20. The number of alkyl halides is 1. The van der Waals surface area contributed by atoms with Crippen LogP contribution in [0.25, 0.3) is 11.2 Å². The molecule has 29 heteroatoms. The van der Waals surface area contributed by atoms with E-state index in [4.69, 9.17) is 33.7 Å². The minimum atomic E-state index is -5.44. The van der Waals surface area contributed by atoms with Crippen LogP contribution in [0.15, 0.2) is 43.4 Å². The molecule has 0 bridgehead atoms. The molecule has 2 saturated heterocycles. The van der Waals surface area contributed by atoms with Crippen molar-refractivity contribution in [2.45, 2.75) is 62.2 Å². The predicted octanol–water partition coefficient (Wildman–Crippen LogP) is -2.39. The van der Waals surface area contributed by atoms with Crippen LogP contribution in [0, 0.1) is 0 Å². The molecule has 2 fully saturated rings. The zero-order chi connectivity index (χ0) is 42.3. The Bertz CT molecular complexity index is 2140. The third-order valence-corrected chi connectivity index (χ3v) is 11.4. The number of imidazole rings is 1. The topological polar surface area (TPSA) is 353 Å². The van der Waals surface area contributed by atoms with Crippen molar-refractivity contribution in [3.05, 3.63) is 54.6 Å². The molecule has 4 aromatic rings. The van der Waals surface area contributed by atoms with Crippen molar-refractivity contribution in [2.75, 3.05) is 51.6 Å². The van der Waals surface area contributed by atoms with E-state index in [0.717, 1.165) is 0 Å². The highest BCUT2D eigenvalue weighted by Crippen LogP contribution is 2.60. The standard InChI is InChI=1S/C30H41FN10O16P2/c31-3-6-51-8-9-52-7-5-40-12-18(37-38-40)10-33-27-21-28(35-15-34-27)41(16-36-21)30-25(45)23(43)20(56-30)14-54-59(49,50)57-58(47,48)53-13-19-22(42)24(44)29(55-19)39-4-1-2-17(11-39)26(32)46/h1-2,4,11-12,15-16,19-20,22-25,29-30,42-45H,3,5-10,13-14H2,(H4-,32,33,34,35,46,47,48,49,50)/p+1/t19-,20-,22-,23-,24-,25-,29-,30-/m1/s1. The summed E-state index contributed by atoms with van der Waals surface area (Å²) >= 11 is 0. The fraction of sp³-hybridized carbons (Fsp3) is 0.567. The molecule has 9 N–H and O–H groups in total. The van der Waals surface area contributed by atoms with Gasteiger partial charge in [-0.1, -0.05) is 5.21 Å². The fourth-order valence-electron chi connectivity index (χ4n) is 5.92. The Hall–Kier alpha value is -4.02. The van der Waals surface area contributed by atoms with Gasteiger partial charge >= 0.3 is 15.6 Å². The molecule has 324 valence electrons. The van der Waals surface area contributed by atoms with E-state index < -0.39 is 90.5 Å². The summed E-state index contributed by atoms with van der Waals surface area (Å²) in [7, 11) is -10.9. The van der Waals surface area contributed by atoms with E-state index in [1.54, 1.807) is 10.9 Å². The van der Waals surface area contributed by atoms with Crippen molar-refractivity contribution in [1.29, 1.82) is 0 Å². The van der Waals surface area contributed by atoms with Gasteiger partial charge in [0.1, 0.15) is 54.8 Å². The van der Waals surface area contributed by atoms with Crippen LogP contribution in [0.1, 0.15) is 28.5 Å². The lowest BCUT2D eigenvalue weighted by Crippen LogP contribution is -2.46. The number of nitrogens with two attached hydrogens (primary N) is 1. The summed E-state index contributed by atoms with van der Waals surface area (Å²) in [4.78, 5) is 44.6. The first-order valence-electron chi connectivity index (χ1n) is 17.7. The zero-order valence-corrected chi connectivity index (χ0v) is 32.5. The number of nitrogens with zero attached hydrogens (tertiary/aromatic N) is 8. The number of amides is 1. The average molecular weight is 880 g/mol. The number of rotatable bonds is 22. The Morgan fingerprint density at radius 1 is 0.949 bits per heavy atom. The predicted molar refractivity (Wildman–Crippen MR) is 190 cm³/mol. The smallest absolute Gasteiger partial charge is 0.387 e. The molecule has 2 aliphatic heterocycles.